The van der Waals surface area contributed by atoms with E-state index < -0.39 is 5.97 Å². The number of carboxylic acids is 1. The lowest BCUT2D eigenvalue weighted by Gasteiger charge is -2.06. The van der Waals surface area contributed by atoms with Crippen LogP contribution in [-0.2, 0) is 4.79 Å². The van der Waals surface area contributed by atoms with Crippen molar-refractivity contribution in [1.29, 1.82) is 0 Å². The lowest BCUT2D eigenvalue weighted by molar-refractivity contribution is -0.122. The molecule has 4 nitrogen and oxygen atoms in total. The van der Waals surface area contributed by atoms with Gasteiger partial charge in [0.2, 0.25) is 0 Å². The molecule has 0 aliphatic rings. The third-order valence-electron chi connectivity index (χ3n) is 4.16. The number of hydrogen-bond donors (Lipinski definition) is 2. The van der Waals surface area contributed by atoms with Crippen LogP contribution in [0.1, 0.15) is 43.7 Å². The Balaban J connectivity index is 0.000000390. The molecule has 0 radical (unpaired) electrons. The summed E-state index contributed by atoms with van der Waals surface area (Å²) in [5, 5.41) is 15.7. The number of carbonyl (C=O) groups is 2. The first-order valence-corrected chi connectivity index (χ1v) is 7.58. The summed E-state index contributed by atoms with van der Waals surface area (Å²) in [6, 6.07) is 9.87. The Hall–Kier alpha value is -2.62. The first-order valence-electron chi connectivity index (χ1n) is 7.58. The molecule has 0 atom stereocenters. The number of benzene rings is 2. The summed E-state index contributed by atoms with van der Waals surface area (Å²) < 4.78 is 0. The third kappa shape index (κ3) is 6.24. The van der Waals surface area contributed by atoms with Crippen LogP contribution in [0.5, 0.6) is 0 Å². The Bertz CT molecular complexity index is 683. The van der Waals surface area contributed by atoms with Crippen molar-refractivity contribution in [1.82, 2.24) is 0 Å². The maximum absolute atomic E-state index is 10.7. The average Bonchev–Trinajstić information content (AvgIpc) is 2.51. The molecular formula is C20H26O4. The van der Waals surface area contributed by atoms with Gasteiger partial charge < -0.3 is 10.2 Å². The Morgan fingerprint density at radius 1 is 0.792 bits per heavy atom. The van der Waals surface area contributed by atoms with Crippen LogP contribution >= 0.6 is 0 Å². The third-order valence-corrected chi connectivity index (χ3v) is 4.16. The van der Waals surface area contributed by atoms with E-state index in [9.17, 15) is 4.79 Å². The molecule has 0 aliphatic carbocycles. The molecule has 24 heavy (non-hydrogen) atoms. The molecule has 0 aliphatic heterocycles. The summed E-state index contributed by atoms with van der Waals surface area (Å²) in [5.41, 5.74) is 7.65. The first kappa shape index (κ1) is 21.4. The molecule has 2 rings (SSSR count). The van der Waals surface area contributed by atoms with Gasteiger partial charge in [-0.2, -0.15) is 0 Å². The predicted octanol–water partition coefficient (Wildman–Crippen LogP) is 4.62. The SMILES string of the molecule is Cc1ccc(C(=O)O)c(C)c1C.Cc1cccc(C)c1C.O=CO. The predicted molar refractivity (Wildman–Crippen MR) is 97.0 cm³/mol. The minimum Gasteiger partial charge on any atom is -0.483 e. The lowest BCUT2D eigenvalue weighted by Crippen LogP contribution is -2.01. The van der Waals surface area contributed by atoms with Crippen molar-refractivity contribution in [3.63, 3.8) is 0 Å². The van der Waals surface area contributed by atoms with Gasteiger partial charge in [-0.1, -0.05) is 24.3 Å². The van der Waals surface area contributed by atoms with Crippen molar-refractivity contribution in [3.8, 4) is 0 Å². The molecule has 0 unspecified atom stereocenters. The second-order valence-corrected chi connectivity index (χ2v) is 5.61. The van der Waals surface area contributed by atoms with Gasteiger partial charge in [0.1, 0.15) is 0 Å². The van der Waals surface area contributed by atoms with Crippen LogP contribution in [0, 0.1) is 41.5 Å². The molecule has 130 valence electrons. The summed E-state index contributed by atoms with van der Waals surface area (Å²) in [4.78, 5) is 19.0. The molecular weight excluding hydrogens is 304 g/mol. The van der Waals surface area contributed by atoms with E-state index in [1.54, 1.807) is 6.07 Å². The quantitative estimate of drug-likeness (QED) is 0.748. The van der Waals surface area contributed by atoms with Gasteiger partial charge in [-0.25, -0.2) is 4.79 Å². The fraction of sp³-hybridized carbons (Fsp3) is 0.300. The summed E-state index contributed by atoms with van der Waals surface area (Å²) in [6.07, 6.45) is 0. The summed E-state index contributed by atoms with van der Waals surface area (Å²) >= 11 is 0. The highest BCUT2D eigenvalue weighted by atomic mass is 16.4. The average molecular weight is 330 g/mol. The van der Waals surface area contributed by atoms with Crippen LogP contribution in [-0.4, -0.2) is 22.7 Å². The van der Waals surface area contributed by atoms with Crippen molar-refractivity contribution in [2.24, 2.45) is 0 Å². The maximum atomic E-state index is 10.7. The molecule has 0 saturated carbocycles. The van der Waals surface area contributed by atoms with Crippen LogP contribution in [0.4, 0.5) is 0 Å². The van der Waals surface area contributed by atoms with Gasteiger partial charge in [-0.15, -0.1) is 0 Å². The number of aryl methyl sites for hydroxylation is 3. The Kier molecular flexibility index (Phi) is 9.10. The summed E-state index contributed by atoms with van der Waals surface area (Å²) in [6.45, 7) is 12.0. The molecule has 2 aromatic carbocycles. The van der Waals surface area contributed by atoms with Crippen molar-refractivity contribution in [3.05, 3.63) is 69.3 Å². The van der Waals surface area contributed by atoms with Gasteiger partial charge in [0, 0.05) is 0 Å². The van der Waals surface area contributed by atoms with E-state index in [-0.39, 0.29) is 6.47 Å². The van der Waals surface area contributed by atoms with E-state index in [1.165, 1.54) is 16.7 Å². The van der Waals surface area contributed by atoms with Gasteiger partial charge in [-0.3, -0.25) is 4.79 Å². The van der Waals surface area contributed by atoms with Crippen LogP contribution in [0.3, 0.4) is 0 Å². The molecule has 4 heteroatoms. The van der Waals surface area contributed by atoms with Crippen LogP contribution < -0.4 is 0 Å². The van der Waals surface area contributed by atoms with Gasteiger partial charge in [0.05, 0.1) is 5.56 Å². The van der Waals surface area contributed by atoms with E-state index >= 15 is 0 Å². The fourth-order valence-corrected chi connectivity index (χ4v) is 2.09. The Labute approximate surface area is 143 Å². The van der Waals surface area contributed by atoms with Gasteiger partial charge in [0.25, 0.3) is 6.47 Å². The van der Waals surface area contributed by atoms with E-state index in [1.807, 2.05) is 26.8 Å². The monoisotopic (exact) mass is 330 g/mol. The van der Waals surface area contributed by atoms with Crippen molar-refractivity contribution in [2.45, 2.75) is 41.5 Å². The molecule has 2 aromatic rings. The second kappa shape index (κ2) is 10.2. The fourth-order valence-electron chi connectivity index (χ4n) is 2.09. The number of carboxylic acid groups (broad SMARTS) is 2. The van der Waals surface area contributed by atoms with Gasteiger partial charge >= 0.3 is 5.97 Å². The maximum Gasteiger partial charge on any atom is 0.335 e. The molecule has 0 saturated heterocycles. The van der Waals surface area contributed by atoms with Gasteiger partial charge in [0.15, 0.2) is 0 Å². The normalized spacial score (nSPS) is 9.08. The van der Waals surface area contributed by atoms with Crippen LogP contribution in [0.2, 0.25) is 0 Å². The number of rotatable bonds is 1. The van der Waals surface area contributed by atoms with Crippen LogP contribution in [0.25, 0.3) is 0 Å². The lowest BCUT2D eigenvalue weighted by atomic mass is 9.99. The molecule has 0 heterocycles. The van der Waals surface area contributed by atoms with E-state index in [2.05, 4.69) is 39.0 Å². The molecule has 0 aromatic heterocycles. The standard InChI is InChI=1S/C10H12O2.C9H12.CH2O2/c1-6-4-5-9(10(11)12)8(3)7(6)2;1-7-5-4-6-8(2)9(7)3;2-1-3/h4-5H,1-3H3,(H,11,12);4-6H,1-3H3;1H,(H,2,3). The van der Waals surface area contributed by atoms with E-state index in [0.717, 1.165) is 16.7 Å². The zero-order chi connectivity index (χ0) is 18.9. The van der Waals surface area contributed by atoms with E-state index in [4.69, 9.17) is 15.0 Å². The minimum absolute atomic E-state index is 0.250. The number of aromatic carboxylic acids is 1. The highest BCUT2D eigenvalue weighted by Gasteiger charge is 2.08. The first-order chi connectivity index (χ1) is 11.2. The largest absolute Gasteiger partial charge is 0.483 e. The van der Waals surface area contributed by atoms with E-state index in [0.29, 0.717) is 5.56 Å². The zero-order valence-electron chi connectivity index (χ0n) is 15.2. The summed E-state index contributed by atoms with van der Waals surface area (Å²) in [5.74, 6) is -0.851. The van der Waals surface area contributed by atoms with Gasteiger partial charge in [-0.05, 0) is 81.0 Å². The van der Waals surface area contributed by atoms with Crippen molar-refractivity contribution in [2.75, 3.05) is 0 Å². The molecule has 0 spiro atoms. The Morgan fingerprint density at radius 2 is 1.21 bits per heavy atom. The molecule has 0 fully saturated rings. The minimum atomic E-state index is -0.851. The van der Waals surface area contributed by atoms with Crippen molar-refractivity contribution < 1.29 is 19.8 Å². The summed E-state index contributed by atoms with van der Waals surface area (Å²) in [7, 11) is 0. The topological polar surface area (TPSA) is 74.6 Å². The Morgan fingerprint density at radius 3 is 1.58 bits per heavy atom. The molecule has 0 amide bonds. The number of hydrogen-bond acceptors (Lipinski definition) is 2. The molecule has 0 bridgehead atoms. The highest BCUT2D eigenvalue weighted by Crippen LogP contribution is 2.16. The van der Waals surface area contributed by atoms with Crippen LogP contribution in [0.15, 0.2) is 30.3 Å². The second-order valence-electron chi connectivity index (χ2n) is 5.61. The zero-order valence-corrected chi connectivity index (χ0v) is 15.2. The van der Waals surface area contributed by atoms with Crippen molar-refractivity contribution >= 4 is 12.4 Å². The molecule has 2 N–H and O–H groups in total. The highest BCUT2D eigenvalue weighted by molar-refractivity contribution is 5.89. The smallest absolute Gasteiger partial charge is 0.335 e.